The van der Waals surface area contributed by atoms with Crippen LogP contribution in [0.25, 0.3) is 11.3 Å². The number of aromatic hydroxyl groups is 2. The molecule has 0 aliphatic heterocycles. The molecule has 1 aromatic heterocycles. The predicted molar refractivity (Wildman–Crippen MR) is 105 cm³/mol. The van der Waals surface area contributed by atoms with Crippen LogP contribution in [0.2, 0.25) is 0 Å². The molecule has 2 aromatic carbocycles. The highest BCUT2D eigenvalue weighted by Crippen LogP contribution is 2.31. The molecular weight excluding hydrogens is 342 g/mol. The molecule has 0 unspecified atom stereocenters. The maximum Gasteiger partial charge on any atom is 0.161 e. The summed E-state index contributed by atoms with van der Waals surface area (Å²) in [6.45, 7) is 2.11. The van der Waals surface area contributed by atoms with Crippen molar-refractivity contribution in [1.82, 2.24) is 9.97 Å². The Morgan fingerprint density at radius 2 is 1.96 bits per heavy atom. The molecule has 0 aliphatic rings. The summed E-state index contributed by atoms with van der Waals surface area (Å²) in [7, 11) is 1.51. The molecule has 0 aliphatic carbocycles. The molecule has 0 fully saturated rings. The monoisotopic (exact) mass is 365 g/mol. The van der Waals surface area contributed by atoms with Gasteiger partial charge in [0, 0.05) is 5.56 Å². The lowest BCUT2D eigenvalue weighted by Gasteiger charge is -2.19. The van der Waals surface area contributed by atoms with E-state index in [1.165, 1.54) is 7.11 Å². The highest BCUT2D eigenvalue weighted by molar-refractivity contribution is 5.64. The van der Waals surface area contributed by atoms with Crippen molar-refractivity contribution in [3.8, 4) is 28.5 Å². The lowest BCUT2D eigenvalue weighted by molar-refractivity contribution is 0.373. The van der Waals surface area contributed by atoms with Gasteiger partial charge in [0.05, 0.1) is 31.2 Å². The zero-order valence-electron chi connectivity index (χ0n) is 15.4. The second kappa shape index (κ2) is 8.40. The first kappa shape index (κ1) is 18.5. The van der Waals surface area contributed by atoms with Gasteiger partial charge in [-0.25, -0.2) is 4.98 Å². The van der Waals surface area contributed by atoms with Gasteiger partial charge in [-0.1, -0.05) is 25.5 Å². The zero-order chi connectivity index (χ0) is 19.2. The minimum absolute atomic E-state index is 0.0148. The minimum atomic E-state index is 0.0148. The van der Waals surface area contributed by atoms with Crippen LogP contribution in [0, 0.1) is 0 Å². The Balaban J connectivity index is 1.88. The molecule has 6 nitrogen and oxygen atoms in total. The highest BCUT2D eigenvalue weighted by atomic mass is 16.5. The average Bonchev–Trinajstić information content (AvgIpc) is 2.68. The first-order chi connectivity index (χ1) is 13.1. The lowest BCUT2D eigenvalue weighted by atomic mass is 10.0. The number of nitrogens with one attached hydrogen (secondary N) is 1. The highest BCUT2D eigenvalue weighted by Gasteiger charge is 2.13. The van der Waals surface area contributed by atoms with Gasteiger partial charge in [-0.2, -0.15) is 0 Å². The molecule has 27 heavy (non-hydrogen) atoms. The van der Waals surface area contributed by atoms with Gasteiger partial charge >= 0.3 is 0 Å². The summed E-state index contributed by atoms with van der Waals surface area (Å²) in [4.78, 5) is 8.93. The molecule has 3 rings (SSSR count). The smallest absolute Gasteiger partial charge is 0.161 e. The summed E-state index contributed by atoms with van der Waals surface area (Å²) < 4.78 is 5.17. The van der Waals surface area contributed by atoms with Crippen molar-refractivity contribution >= 4 is 5.82 Å². The van der Waals surface area contributed by atoms with Crippen molar-refractivity contribution in [2.24, 2.45) is 0 Å². The van der Waals surface area contributed by atoms with Crippen molar-refractivity contribution in [3.05, 3.63) is 60.4 Å². The summed E-state index contributed by atoms with van der Waals surface area (Å²) in [6.07, 6.45) is 5.21. The number of phenols is 2. The van der Waals surface area contributed by atoms with Crippen molar-refractivity contribution in [1.29, 1.82) is 0 Å². The molecule has 1 atom stereocenters. The van der Waals surface area contributed by atoms with Crippen LogP contribution in [0.3, 0.4) is 0 Å². The third-order valence-electron chi connectivity index (χ3n) is 4.28. The van der Waals surface area contributed by atoms with Crippen LogP contribution in [0.1, 0.15) is 31.4 Å². The van der Waals surface area contributed by atoms with Gasteiger partial charge in [0.25, 0.3) is 0 Å². The summed E-state index contributed by atoms with van der Waals surface area (Å²) in [5.74, 6) is 1.35. The standard InChI is InChI=1S/C21H23N3O3/c1-3-5-17(14-6-4-7-16(25)10-14)23-21-13-22-12-18(24-21)15-8-9-19(26)20(11-15)27-2/h4,6-13,17,25-26H,3,5H2,1-2H3,(H,23,24)/t17-/m1/s1. The first-order valence-corrected chi connectivity index (χ1v) is 8.85. The van der Waals surface area contributed by atoms with Crippen LogP contribution in [-0.2, 0) is 0 Å². The number of methoxy groups -OCH3 is 1. The molecule has 1 heterocycles. The van der Waals surface area contributed by atoms with Gasteiger partial charge in [-0.15, -0.1) is 0 Å². The Morgan fingerprint density at radius 3 is 2.70 bits per heavy atom. The summed E-state index contributed by atoms with van der Waals surface area (Å²) >= 11 is 0. The fraction of sp³-hybridized carbons (Fsp3) is 0.238. The van der Waals surface area contributed by atoms with Crippen molar-refractivity contribution in [2.75, 3.05) is 12.4 Å². The lowest BCUT2D eigenvalue weighted by Crippen LogP contribution is -2.12. The van der Waals surface area contributed by atoms with E-state index in [2.05, 4.69) is 22.2 Å². The normalized spacial score (nSPS) is 11.8. The Kier molecular flexibility index (Phi) is 5.76. The topological polar surface area (TPSA) is 87.5 Å². The van der Waals surface area contributed by atoms with E-state index in [9.17, 15) is 10.2 Å². The molecule has 0 spiro atoms. The number of hydrogen-bond acceptors (Lipinski definition) is 6. The maximum absolute atomic E-state index is 9.77. The third kappa shape index (κ3) is 4.47. The van der Waals surface area contributed by atoms with Gasteiger partial charge in [0.15, 0.2) is 11.5 Å². The molecule has 0 saturated carbocycles. The SMILES string of the molecule is CCC[C@@H](Nc1cncc(-c2ccc(O)c(OC)c2)n1)c1cccc(O)c1. The fourth-order valence-electron chi connectivity index (χ4n) is 2.94. The minimum Gasteiger partial charge on any atom is -0.508 e. The number of phenolic OH excluding ortho intramolecular Hbond substituents is 2. The summed E-state index contributed by atoms with van der Waals surface area (Å²) in [5, 5.41) is 23.0. The van der Waals surface area contributed by atoms with Crippen LogP contribution in [-0.4, -0.2) is 27.3 Å². The Bertz CT molecular complexity index is 915. The largest absolute Gasteiger partial charge is 0.508 e. The quantitative estimate of drug-likeness (QED) is 0.571. The van der Waals surface area contributed by atoms with Crippen LogP contribution in [0.15, 0.2) is 54.9 Å². The molecule has 140 valence electrons. The van der Waals surface area contributed by atoms with Crippen molar-refractivity contribution in [3.63, 3.8) is 0 Å². The van der Waals surface area contributed by atoms with E-state index < -0.39 is 0 Å². The molecular formula is C21H23N3O3. The Morgan fingerprint density at radius 1 is 1.11 bits per heavy atom. The van der Waals surface area contributed by atoms with E-state index in [-0.39, 0.29) is 17.5 Å². The van der Waals surface area contributed by atoms with E-state index in [1.54, 1.807) is 42.7 Å². The van der Waals surface area contributed by atoms with Crippen LogP contribution in [0.4, 0.5) is 5.82 Å². The van der Waals surface area contributed by atoms with Crippen molar-refractivity contribution < 1.29 is 14.9 Å². The third-order valence-corrected chi connectivity index (χ3v) is 4.28. The van der Waals surface area contributed by atoms with E-state index in [0.717, 1.165) is 24.0 Å². The molecule has 3 N–H and O–H groups in total. The predicted octanol–water partition coefficient (Wildman–Crippen LogP) is 4.52. The molecule has 0 amide bonds. The molecule has 3 aromatic rings. The van der Waals surface area contributed by atoms with Crippen LogP contribution < -0.4 is 10.1 Å². The molecule has 0 saturated heterocycles. The summed E-state index contributed by atoms with van der Waals surface area (Å²) in [6, 6.07) is 12.3. The van der Waals surface area contributed by atoms with Gasteiger partial charge < -0.3 is 20.3 Å². The summed E-state index contributed by atoms with van der Waals surface area (Å²) in [5.41, 5.74) is 2.46. The van der Waals surface area contributed by atoms with E-state index in [4.69, 9.17) is 4.74 Å². The van der Waals surface area contributed by atoms with E-state index in [0.29, 0.717) is 17.3 Å². The molecule has 0 bridgehead atoms. The van der Waals surface area contributed by atoms with Gasteiger partial charge in [-0.05, 0) is 42.3 Å². The van der Waals surface area contributed by atoms with Gasteiger partial charge in [-0.3, -0.25) is 4.98 Å². The number of rotatable bonds is 7. The average molecular weight is 365 g/mol. The van der Waals surface area contributed by atoms with E-state index >= 15 is 0 Å². The Hall–Kier alpha value is -3.28. The second-order valence-corrected chi connectivity index (χ2v) is 6.26. The van der Waals surface area contributed by atoms with Gasteiger partial charge in [0.1, 0.15) is 11.6 Å². The number of hydrogen-bond donors (Lipinski definition) is 3. The maximum atomic E-state index is 9.77. The number of anilines is 1. The zero-order valence-corrected chi connectivity index (χ0v) is 15.4. The number of aromatic nitrogens is 2. The Labute approximate surface area is 158 Å². The fourth-order valence-corrected chi connectivity index (χ4v) is 2.94. The second-order valence-electron chi connectivity index (χ2n) is 6.26. The molecule has 0 radical (unpaired) electrons. The van der Waals surface area contributed by atoms with E-state index in [1.807, 2.05) is 12.1 Å². The number of nitrogens with zero attached hydrogens (tertiary/aromatic N) is 2. The first-order valence-electron chi connectivity index (χ1n) is 8.85. The molecule has 6 heteroatoms. The van der Waals surface area contributed by atoms with Gasteiger partial charge in [0.2, 0.25) is 0 Å². The number of benzene rings is 2. The van der Waals surface area contributed by atoms with Crippen LogP contribution >= 0.6 is 0 Å². The van der Waals surface area contributed by atoms with Crippen molar-refractivity contribution in [2.45, 2.75) is 25.8 Å². The van der Waals surface area contributed by atoms with Crippen LogP contribution in [0.5, 0.6) is 17.2 Å². The number of ether oxygens (including phenoxy) is 1.